The Bertz CT molecular complexity index is 1370. The summed E-state index contributed by atoms with van der Waals surface area (Å²) in [5.74, 6) is 0. The highest BCUT2D eigenvalue weighted by Gasteiger charge is 2.21. The number of anilines is 1. The predicted octanol–water partition coefficient (Wildman–Crippen LogP) is 6.18. The number of rotatable bonds is 4. The van der Waals surface area contributed by atoms with Crippen molar-refractivity contribution in [2.45, 2.75) is 6.92 Å². The lowest BCUT2D eigenvalue weighted by Crippen LogP contribution is -2.36. The van der Waals surface area contributed by atoms with Crippen LogP contribution >= 0.6 is 0 Å². The van der Waals surface area contributed by atoms with Crippen molar-refractivity contribution in [3.63, 3.8) is 0 Å². The van der Waals surface area contributed by atoms with Crippen LogP contribution in [0.3, 0.4) is 0 Å². The molecule has 0 atom stereocenters. The lowest BCUT2D eigenvalue weighted by Gasteiger charge is -2.28. The van der Waals surface area contributed by atoms with E-state index in [2.05, 4.69) is 102 Å². The molecule has 1 fully saturated rings. The third kappa shape index (κ3) is 3.87. The van der Waals surface area contributed by atoms with E-state index in [1.807, 2.05) is 6.07 Å². The van der Waals surface area contributed by atoms with Crippen molar-refractivity contribution in [3.05, 3.63) is 113 Å². The molecule has 0 bridgehead atoms. The first-order valence-corrected chi connectivity index (χ1v) is 11.8. The average molecular weight is 446 g/mol. The predicted molar refractivity (Wildman–Crippen MR) is 140 cm³/mol. The first kappa shape index (κ1) is 20.7. The van der Waals surface area contributed by atoms with Crippen molar-refractivity contribution < 1.29 is 4.74 Å². The van der Waals surface area contributed by atoms with Crippen LogP contribution in [0.15, 0.2) is 89.9 Å². The van der Waals surface area contributed by atoms with Crippen molar-refractivity contribution in [2.75, 3.05) is 31.2 Å². The summed E-state index contributed by atoms with van der Waals surface area (Å²) in [5, 5.41) is 0. The first-order valence-electron chi connectivity index (χ1n) is 11.8. The monoisotopic (exact) mass is 445 g/mol. The molecule has 2 aliphatic rings. The Kier molecular flexibility index (Phi) is 5.36. The zero-order valence-corrected chi connectivity index (χ0v) is 19.3. The third-order valence-electron chi connectivity index (χ3n) is 6.63. The van der Waals surface area contributed by atoms with E-state index in [9.17, 15) is 0 Å². The third-order valence-corrected chi connectivity index (χ3v) is 6.63. The first-order chi connectivity index (χ1) is 16.8. The molecule has 0 saturated carbocycles. The van der Waals surface area contributed by atoms with Gasteiger partial charge in [-0.25, -0.2) is 4.99 Å². The van der Waals surface area contributed by atoms with Crippen molar-refractivity contribution in [1.82, 2.24) is 4.98 Å². The smallest absolute Gasteiger partial charge is 0.0788 e. The number of morpholine rings is 1. The Labute approximate surface area is 200 Å². The fourth-order valence-electron chi connectivity index (χ4n) is 4.77. The average Bonchev–Trinajstić information content (AvgIpc) is 3.46. The van der Waals surface area contributed by atoms with E-state index < -0.39 is 0 Å². The number of benzene rings is 3. The molecular weight excluding hydrogens is 418 g/mol. The van der Waals surface area contributed by atoms with Gasteiger partial charge in [0.15, 0.2) is 0 Å². The van der Waals surface area contributed by atoms with E-state index >= 15 is 0 Å². The lowest BCUT2D eigenvalue weighted by atomic mass is 9.99. The standard InChI is InChI=1S/C30H27N3O/c1-21-19-28(22-11-13-24(14-12-22)33-15-17-34-18-16-33)31-27(21)20-29-25-9-5-6-10-26(25)30(32-29)23-7-3-2-4-8-23/h2-14,19-20,31H,15-18H2,1H3. The SMILES string of the molecule is Cc1cc(-c2ccc(N3CCOCC3)cc2)[nH]c1C=C1N=C(c2ccccc2)c2ccccc21. The minimum Gasteiger partial charge on any atom is -0.378 e. The summed E-state index contributed by atoms with van der Waals surface area (Å²) in [5.41, 5.74) is 11.4. The van der Waals surface area contributed by atoms with Crippen LogP contribution in [0.2, 0.25) is 0 Å². The number of aliphatic imine (C=N–C) groups is 1. The van der Waals surface area contributed by atoms with Crippen LogP contribution in [0, 0.1) is 6.92 Å². The largest absolute Gasteiger partial charge is 0.378 e. The second kappa shape index (κ2) is 8.81. The maximum atomic E-state index is 5.48. The molecule has 168 valence electrons. The maximum Gasteiger partial charge on any atom is 0.0788 e. The Morgan fingerprint density at radius 1 is 0.824 bits per heavy atom. The summed E-state index contributed by atoms with van der Waals surface area (Å²) >= 11 is 0. The molecule has 1 saturated heterocycles. The van der Waals surface area contributed by atoms with Gasteiger partial charge in [0.25, 0.3) is 0 Å². The van der Waals surface area contributed by atoms with E-state index in [4.69, 9.17) is 9.73 Å². The molecule has 1 N–H and O–H groups in total. The molecule has 0 amide bonds. The summed E-state index contributed by atoms with van der Waals surface area (Å²) < 4.78 is 5.48. The van der Waals surface area contributed by atoms with Crippen LogP contribution in [0.4, 0.5) is 5.69 Å². The molecule has 2 aliphatic heterocycles. The minimum atomic E-state index is 0.799. The molecule has 4 aromatic rings. The van der Waals surface area contributed by atoms with E-state index in [1.165, 1.54) is 27.9 Å². The van der Waals surface area contributed by atoms with Gasteiger partial charge >= 0.3 is 0 Å². The van der Waals surface area contributed by atoms with Gasteiger partial charge in [-0.2, -0.15) is 0 Å². The van der Waals surface area contributed by atoms with Crippen LogP contribution < -0.4 is 4.90 Å². The van der Waals surface area contributed by atoms with Gasteiger partial charge in [0.1, 0.15) is 0 Å². The number of aromatic amines is 1. The van der Waals surface area contributed by atoms with Crippen molar-refractivity contribution in [3.8, 4) is 11.3 Å². The summed E-state index contributed by atoms with van der Waals surface area (Å²) in [6.45, 7) is 5.65. The quantitative estimate of drug-likeness (QED) is 0.408. The van der Waals surface area contributed by atoms with Crippen molar-refractivity contribution in [2.24, 2.45) is 4.99 Å². The number of ether oxygens (including phenoxy) is 1. The second-order valence-electron chi connectivity index (χ2n) is 8.83. The van der Waals surface area contributed by atoms with Crippen LogP contribution in [-0.2, 0) is 4.74 Å². The molecule has 0 unspecified atom stereocenters. The number of hydrogen-bond donors (Lipinski definition) is 1. The zero-order chi connectivity index (χ0) is 22.9. The van der Waals surface area contributed by atoms with Gasteiger partial charge in [0.2, 0.25) is 0 Å². The van der Waals surface area contributed by atoms with Gasteiger partial charge in [0.05, 0.1) is 24.6 Å². The fourth-order valence-corrected chi connectivity index (χ4v) is 4.77. The van der Waals surface area contributed by atoms with Crippen molar-refractivity contribution in [1.29, 1.82) is 0 Å². The molecule has 3 heterocycles. The summed E-state index contributed by atoms with van der Waals surface area (Å²) in [4.78, 5) is 11.1. The van der Waals surface area contributed by atoms with Crippen LogP contribution in [-0.4, -0.2) is 37.0 Å². The summed E-state index contributed by atoms with van der Waals surface area (Å²) in [7, 11) is 0. The zero-order valence-electron chi connectivity index (χ0n) is 19.3. The van der Waals surface area contributed by atoms with Gasteiger partial charge in [0, 0.05) is 46.9 Å². The number of aromatic nitrogens is 1. The molecule has 1 aromatic heterocycles. The number of H-pyrrole nitrogens is 1. The molecule has 0 spiro atoms. The molecule has 3 aromatic carbocycles. The molecule has 0 radical (unpaired) electrons. The highest BCUT2D eigenvalue weighted by Crippen LogP contribution is 2.34. The molecular formula is C30H27N3O. The summed E-state index contributed by atoms with van der Waals surface area (Å²) in [6, 6.07) is 29.9. The lowest BCUT2D eigenvalue weighted by molar-refractivity contribution is 0.122. The Morgan fingerprint density at radius 3 is 2.29 bits per heavy atom. The van der Waals surface area contributed by atoms with Gasteiger partial charge in [-0.3, -0.25) is 0 Å². The van der Waals surface area contributed by atoms with E-state index in [1.54, 1.807) is 0 Å². The normalized spacial score (nSPS) is 16.6. The number of fused-ring (bicyclic) bond motifs is 1. The molecule has 4 nitrogen and oxygen atoms in total. The van der Waals surface area contributed by atoms with Gasteiger partial charge < -0.3 is 14.6 Å². The highest BCUT2D eigenvalue weighted by molar-refractivity contribution is 6.21. The van der Waals surface area contributed by atoms with Crippen LogP contribution in [0.25, 0.3) is 23.0 Å². The number of nitrogens with one attached hydrogen (secondary N) is 1. The number of aryl methyl sites for hydroxylation is 1. The second-order valence-corrected chi connectivity index (χ2v) is 8.83. The number of hydrogen-bond acceptors (Lipinski definition) is 3. The molecule has 6 rings (SSSR count). The number of nitrogens with zero attached hydrogens (tertiary/aromatic N) is 2. The van der Waals surface area contributed by atoms with E-state index in [0.29, 0.717) is 0 Å². The van der Waals surface area contributed by atoms with Gasteiger partial charge in [-0.1, -0.05) is 66.7 Å². The van der Waals surface area contributed by atoms with E-state index in [0.717, 1.165) is 54.7 Å². The minimum absolute atomic E-state index is 0.799. The van der Waals surface area contributed by atoms with Crippen molar-refractivity contribution >= 4 is 23.2 Å². The Balaban J connectivity index is 1.32. The van der Waals surface area contributed by atoms with Crippen LogP contribution in [0.5, 0.6) is 0 Å². The van der Waals surface area contributed by atoms with E-state index in [-0.39, 0.29) is 0 Å². The highest BCUT2D eigenvalue weighted by atomic mass is 16.5. The Morgan fingerprint density at radius 2 is 1.53 bits per heavy atom. The topological polar surface area (TPSA) is 40.6 Å². The maximum absolute atomic E-state index is 5.48. The Hall–Kier alpha value is -3.89. The van der Waals surface area contributed by atoms with Gasteiger partial charge in [-0.15, -0.1) is 0 Å². The van der Waals surface area contributed by atoms with Crippen LogP contribution in [0.1, 0.15) is 27.9 Å². The molecule has 0 aliphatic carbocycles. The molecule has 34 heavy (non-hydrogen) atoms. The fraction of sp³-hybridized carbons (Fsp3) is 0.167. The molecule has 4 heteroatoms. The van der Waals surface area contributed by atoms with Gasteiger partial charge in [-0.05, 0) is 42.3 Å². The summed E-state index contributed by atoms with van der Waals surface area (Å²) in [6.07, 6.45) is 2.18.